The van der Waals surface area contributed by atoms with Gasteiger partial charge in [0, 0.05) is 19.6 Å². The van der Waals surface area contributed by atoms with E-state index in [2.05, 4.69) is 16.4 Å². The number of rotatable bonds is 6. The summed E-state index contributed by atoms with van der Waals surface area (Å²) in [6, 6.07) is 0. The molecule has 0 unspecified atom stereocenters. The predicted molar refractivity (Wildman–Crippen MR) is 51.3 cm³/mol. The number of likely N-dealkylation sites (N-methyl/N-ethyl adjacent to an activating group) is 2. The Morgan fingerprint density at radius 1 is 1.33 bits per heavy atom. The molecule has 12 heavy (non-hydrogen) atoms. The molecule has 0 N–H and O–H groups in total. The van der Waals surface area contributed by atoms with Crippen LogP contribution in [0.1, 0.15) is 0 Å². The number of aldehydes is 1. The van der Waals surface area contributed by atoms with E-state index in [0.29, 0.717) is 12.1 Å². The van der Waals surface area contributed by atoms with Crippen molar-refractivity contribution >= 4 is 6.29 Å². The van der Waals surface area contributed by atoms with Gasteiger partial charge in [-0.05, 0) is 26.7 Å². The number of hydrogen-bond acceptors (Lipinski definition) is 3. The molecule has 0 radical (unpaired) electrons. The average molecular weight is 170 g/mol. The topological polar surface area (TPSA) is 23.6 Å². The standard InChI is InChI=1S/C9H18N2O/c1-9(8-12)7-11(4)6-5-10(2)3/h8H,1,5-7H2,2-4H3. The zero-order valence-corrected chi connectivity index (χ0v) is 8.21. The lowest BCUT2D eigenvalue weighted by Gasteiger charge is -2.18. The second-order valence-electron chi connectivity index (χ2n) is 3.32. The Bertz CT molecular complexity index is 155. The van der Waals surface area contributed by atoms with E-state index in [1.807, 2.05) is 21.1 Å². The van der Waals surface area contributed by atoms with Crippen molar-refractivity contribution in [2.24, 2.45) is 0 Å². The molecule has 0 aliphatic carbocycles. The van der Waals surface area contributed by atoms with E-state index in [4.69, 9.17) is 0 Å². The van der Waals surface area contributed by atoms with Gasteiger partial charge in [0.25, 0.3) is 0 Å². The van der Waals surface area contributed by atoms with Gasteiger partial charge in [-0.1, -0.05) is 6.58 Å². The molecule has 0 spiro atoms. The van der Waals surface area contributed by atoms with E-state index in [1.54, 1.807) is 0 Å². The zero-order valence-electron chi connectivity index (χ0n) is 8.21. The third-order valence-electron chi connectivity index (χ3n) is 1.57. The Balaban J connectivity index is 3.52. The van der Waals surface area contributed by atoms with Gasteiger partial charge in [0.2, 0.25) is 0 Å². The van der Waals surface area contributed by atoms with Crippen LogP contribution in [0.4, 0.5) is 0 Å². The first-order valence-electron chi connectivity index (χ1n) is 4.02. The van der Waals surface area contributed by atoms with Crippen LogP contribution in [0.2, 0.25) is 0 Å². The van der Waals surface area contributed by atoms with E-state index in [9.17, 15) is 4.79 Å². The fourth-order valence-corrected chi connectivity index (χ4v) is 0.834. The van der Waals surface area contributed by atoms with Gasteiger partial charge in [-0.3, -0.25) is 4.79 Å². The molecular formula is C9H18N2O. The highest BCUT2D eigenvalue weighted by Gasteiger charge is 2.00. The van der Waals surface area contributed by atoms with Crippen molar-refractivity contribution < 1.29 is 4.79 Å². The normalized spacial score (nSPS) is 10.8. The van der Waals surface area contributed by atoms with Gasteiger partial charge in [-0.25, -0.2) is 0 Å². The summed E-state index contributed by atoms with van der Waals surface area (Å²) in [5, 5.41) is 0. The van der Waals surface area contributed by atoms with Crippen LogP contribution in [0.25, 0.3) is 0 Å². The van der Waals surface area contributed by atoms with Crippen molar-refractivity contribution in [1.29, 1.82) is 0 Å². The first-order chi connectivity index (χ1) is 5.56. The molecule has 0 aliphatic heterocycles. The third kappa shape index (κ3) is 6.07. The van der Waals surface area contributed by atoms with Crippen molar-refractivity contribution in [3.63, 3.8) is 0 Å². The SMILES string of the molecule is C=C(C=O)CN(C)CCN(C)C. The summed E-state index contributed by atoms with van der Waals surface area (Å²) in [5.41, 5.74) is 0.635. The van der Waals surface area contributed by atoms with Crippen LogP contribution in [0, 0.1) is 0 Å². The van der Waals surface area contributed by atoms with Gasteiger partial charge < -0.3 is 9.80 Å². The molecule has 0 bridgehead atoms. The minimum Gasteiger partial charge on any atom is -0.308 e. The van der Waals surface area contributed by atoms with Crippen molar-refractivity contribution in [3.05, 3.63) is 12.2 Å². The van der Waals surface area contributed by atoms with Crippen LogP contribution < -0.4 is 0 Å². The lowest BCUT2D eigenvalue weighted by atomic mass is 10.3. The first kappa shape index (κ1) is 11.3. The molecule has 0 saturated carbocycles. The fourth-order valence-electron chi connectivity index (χ4n) is 0.834. The molecule has 0 aliphatic rings. The van der Waals surface area contributed by atoms with Crippen molar-refractivity contribution in [3.8, 4) is 0 Å². The Morgan fingerprint density at radius 2 is 1.92 bits per heavy atom. The van der Waals surface area contributed by atoms with E-state index in [0.717, 1.165) is 19.4 Å². The molecule has 0 aromatic rings. The highest BCUT2D eigenvalue weighted by Crippen LogP contribution is 1.90. The van der Waals surface area contributed by atoms with E-state index in [-0.39, 0.29) is 0 Å². The van der Waals surface area contributed by atoms with Crippen LogP contribution in [0.15, 0.2) is 12.2 Å². The molecule has 0 fully saturated rings. The summed E-state index contributed by atoms with van der Waals surface area (Å²) in [5.74, 6) is 0. The fraction of sp³-hybridized carbons (Fsp3) is 0.667. The second kappa shape index (κ2) is 5.91. The van der Waals surface area contributed by atoms with Crippen LogP contribution in [-0.4, -0.2) is 56.9 Å². The van der Waals surface area contributed by atoms with Gasteiger partial charge in [-0.2, -0.15) is 0 Å². The number of carbonyl (C=O) groups is 1. The molecule has 0 rings (SSSR count). The summed E-state index contributed by atoms with van der Waals surface area (Å²) >= 11 is 0. The molecule has 3 nitrogen and oxygen atoms in total. The van der Waals surface area contributed by atoms with Crippen molar-refractivity contribution in [2.45, 2.75) is 0 Å². The zero-order chi connectivity index (χ0) is 9.56. The van der Waals surface area contributed by atoms with Gasteiger partial charge in [0.1, 0.15) is 6.29 Å². The van der Waals surface area contributed by atoms with E-state index >= 15 is 0 Å². The molecule has 0 aromatic carbocycles. The quantitative estimate of drug-likeness (QED) is 0.421. The van der Waals surface area contributed by atoms with Crippen LogP contribution in [-0.2, 0) is 4.79 Å². The maximum atomic E-state index is 10.2. The third-order valence-corrected chi connectivity index (χ3v) is 1.57. The molecule has 0 heterocycles. The number of carbonyl (C=O) groups excluding carboxylic acids is 1. The maximum absolute atomic E-state index is 10.2. The highest BCUT2D eigenvalue weighted by molar-refractivity contribution is 5.72. The largest absolute Gasteiger partial charge is 0.308 e. The first-order valence-corrected chi connectivity index (χ1v) is 4.02. The second-order valence-corrected chi connectivity index (χ2v) is 3.32. The van der Waals surface area contributed by atoms with Crippen LogP contribution in [0.3, 0.4) is 0 Å². The van der Waals surface area contributed by atoms with Crippen LogP contribution in [0.5, 0.6) is 0 Å². The predicted octanol–water partition coefficient (Wildman–Crippen LogP) is 0.235. The Hall–Kier alpha value is -0.670. The lowest BCUT2D eigenvalue weighted by Crippen LogP contribution is -2.30. The molecule has 3 heteroatoms. The summed E-state index contributed by atoms with van der Waals surface area (Å²) in [6.07, 6.45) is 0.812. The highest BCUT2D eigenvalue weighted by atomic mass is 16.1. The minimum absolute atomic E-state index is 0.635. The van der Waals surface area contributed by atoms with Crippen molar-refractivity contribution in [1.82, 2.24) is 9.80 Å². The van der Waals surface area contributed by atoms with E-state index in [1.165, 1.54) is 0 Å². The molecule has 0 amide bonds. The Kier molecular flexibility index (Phi) is 5.58. The summed E-state index contributed by atoms with van der Waals surface area (Å²) in [4.78, 5) is 14.4. The maximum Gasteiger partial charge on any atom is 0.146 e. The van der Waals surface area contributed by atoms with Gasteiger partial charge in [0.15, 0.2) is 0 Å². The average Bonchev–Trinajstić information content (AvgIpc) is 2.00. The smallest absolute Gasteiger partial charge is 0.146 e. The lowest BCUT2D eigenvalue weighted by molar-refractivity contribution is -0.105. The molecular weight excluding hydrogens is 152 g/mol. The van der Waals surface area contributed by atoms with Crippen LogP contribution >= 0.6 is 0 Å². The molecule has 0 atom stereocenters. The summed E-state index contributed by atoms with van der Waals surface area (Å²) in [6.45, 7) is 6.24. The number of nitrogens with zero attached hydrogens (tertiary/aromatic N) is 2. The minimum atomic E-state index is 0.635. The molecule has 0 aromatic heterocycles. The summed E-state index contributed by atoms with van der Waals surface area (Å²) in [7, 11) is 6.04. The van der Waals surface area contributed by atoms with Gasteiger partial charge in [0.05, 0.1) is 0 Å². The van der Waals surface area contributed by atoms with Gasteiger partial charge >= 0.3 is 0 Å². The van der Waals surface area contributed by atoms with Gasteiger partial charge in [-0.15, -0.1) is 0 Å². The van der Waals surface area contributed by atoms with E-state index < -0.39 is 0 Å². The summed E-state index contributed by atoms with van der Waals surface area (Å²) < 4.78 is 0. The molecule has 0 saturated heterocycles. The Morgan fingerprint density at radius 3 is 2.33 bits per heavy atom. The Labute approximate surface area is 74.7 Å². The number of hydrogen-bond donors (Lipinski definition) is 0. The monoisotopic (exact) mass is 170 g/mol. The van der Waals surface area contributed by atoms with Crippen molar-refractivity contribution in [2.75, 3.05) is 40.8 Å². The molecule has 70 valence electrons.